The normalized spacial score (nSPS) is 11.0. The van der Waals surface area contributed by atoms with Crippen LogP contribution >= 0.6 is 35.1 Å². The summed E-state index contributed by atoms with van der Waals surface area (Å²) in [6.45, 7) is 1.92. The molecular weight excluding hydrogens is 415 g/mol. The second-order valence-corrected chi connectivity index (χ2v) is 7.84. The Morgan fingerprint density at radius 2 is 1.96 bits per heavy atom. The van der Waals surface area contributed by atoms with E-state index in [9.17, 15) is 4.79 Å². The minimum absolute atomic E-state index is 0.199. The van der Waals surface area contributed by atoms with Crippen LogP contribution < -0.4 is 4.72 Å². The number of nitrogens with one attached hydrogen (secondary N) is 2. The lowest BCUT2D eigenvalue weighted by Crippen LogP contribution is -2.08. The second-order valence-electron chi connectivity index (χ2n) is 6.14. The largest absolute Gasteiger partial charge is 0.360 e. The Kier molecular flexibility index (Phi) is 5.26. The van der Waals surface area contributed by atoms with E-state index in [1.165, 1.54) is 11.9 Å². The van der Waals surface area contributed by atoms with Crippen LogP contribution in [0.5, 0.6) is 0 Å². The number of carbonyl (C=O) groups is 1. The highest BCUT2D eigenvalue weighted by Crippen LogP contribution is 2.30. The zero-order valence-corrected chi connectivity index (χ0v) is 17.0. The van der Waals surface area contributed by atoms with Crippen LogP contribution in [0.3, 0.4) is 0 Å². The van der Waals surface area contributed by atoms with E-state index in [0.29, 0.717) is 27.0 Å². The number of aromatic amines is 1. The molecule has 8 heteroatoms. The smallest absolute Gasteiger partial charge is 0.215 e. The third-order valence-corrected chi connectivity index (χ3v) is 5.68. The van der Waals surface area contributed by atoms with Gasteiger partial charge >= 0.3 is 0 Å². The maximum atomic E-state index is 13.2. The van der Waals surface area contributed by atoms with Gasteiger partial charge in [-0.15, -0.1) is 0 Å². The predicted molar refractivity (Wildman–Crippen MR) is 114 cm³/mol. The van der Waals surface area contributed by atoms with E-state index in [4.69, 9.17) is 23.2 Å². The van der Waals surface area contributed by atoms with E-state index in [2.05, 4.69) is 19.7 Å². The number of nitrogens with zero attached hydrogens (tertiary/aromatic N) is 2. The number of halogens is 2. The first-order valence-corrected chi connectivity index (χ1v) is 9.90. The van der Waals surface area contributed by atoms with Gasteiger partial charge in [-0.25, -0.2) is 0 Å². The molecule has 3 aromatic heterocycles. The summed E-state index contributed by atoms with van der Waals surface area (Å²) in [5.41, 5.74) is 3.18. The van der Waals surface area contributed by atoms with Gasteiger partial charge in [-0.2, -0.15) is 0 Å². The van der Waals surface area contributed by atoms with Crippen molar-refractivity contribution in [3.05, 3.63) is 82.0 Å². The summed E-state index contributed by atoms with van der Waals surface area (Å²) in [7, 11) is 0. The first-order chi connectivity index (χ1) is 13.5. The van der Waals surface area contributed by atoms with Crippen molar-refractivity contribution in [2.24, 2.45) is 0 Å². The Labute approximate surface area is 175 Å². The van der Waals surface area contributed by atoms with Crippen LogP contribution in [0.25, 0.3) is 10.9 Å². The lowest BCUT2D eigenvalue weighted by Gasteiger charge is -2.11. The standard InChI is InChI=1S/C20H14Cl2N4OS/c1-11-6-17(26-28-12-2-3-15(21)16(22)7-12)19(25-8-11)20(27)14-9-23-10-18-13(14)4-5-24-18/h2-10,24,26H,1H3. The van der Waals surface area contributed by atoms with Crippen LogP contribution in [0.1, 0.15) is 21.6 Å². The zero-order valence-electron chi connectivity index (χ0n) is 14.7. The van der Waals surface area contributed by atoms with E-state index >= 15 is 0 Å². The molecule has 0 aliphatic carbocycles. The lowest BCUT2D eigenvalue weighted by atomic mass is 10.0. The molecule has 4 rings (SSSR count). The SMILES string of the molecule is Cc1cnc(C(=O)c2cncc3[nH]ccc23)c(NSc2ccc(Cl)c(Cl)c2)c1. The van der Waals surface area contributed by atoms with Crippen molar-refractivity contribution in [3.8, 4) is 0 Å². The molecule has 0 unspecified atom stereocenters. The number of rotatable bonds is 5. The molecule has 0 saturated heterocycles. The van der Waals surface area contributed by atoms with Crippen molar-refractivity contribution < 1.29 is 4.79 Å². The molecule has 0 amide bonds. The van der Waals surface area contributed by atoms with Gasteiger partial charge in [0.05, 0.1) is 33.0 Å². The Morgan fingerprint density at radius 1 is 1.11 bits per heavy atom. The van der Waals surface area contributed by atoms with Crippen LogP contribution in [0.2, 0.25) is 10.0 Å². The third-order valence-electron chi connectivity index (χ3n) is 4.13. The number of pyridine rings is 2. The molecule has 0 atom stereocenters. The van der Waals surface area contributed by atoms with Gasteiger partial charge in [0.1, 0.15) is 5.69 Å². The fraction of sp³-hybridized carbons (Fsp3) is 0.0500. The van der Waals surface area contributed by atoms with Gasteiger partial charge in [-0.3, -0.25) is 14.8 Å². The van der Waals surface area contributed by atoms with Gasteiger partial charge in [0.25, 0.3) is 0 Å². The average molecular weight is 429 g/mol. The summed E-state index contributed by atoms with van der Waals surface area (Å²) in [5, 5.41) is 1.77. The highest BCUT2D eigenvalue weighted by Gasteiger charge is 2.19. The Bertz CT molecular complexity index is 1190. The fourth-order valence-corrected chi connectivity index (χ4v) is 3.83. The Morgan fingerprint density at radius 3 is 2.79 bits per heavy atom. The number of fused-ring (bicyclic) bond motifs is 1. The molecular formula is C20H14Cl2N4OS. The fourth-order valence-electron chi connectivity index (χ4n) is 2.77. The van der Waals surface area contributed by atoms with Crippen molar-refractivity contribution >= 4 is 57.5 Å². The summed E-state index contributed by atoms with van der Waals surface area (Å²) >= 11 is 13.4. The molecule has 4 aromatic rings. The summed E-state index contributed by atoms with van der Waals surface area (Å²) in [5.74, 6) is -0.199. The van der Waals surface area contributed by atoms with Crippen molar-refractivity contribution in [3.63, 3.8) is 0 Å². The van der Waals surface area contributed by atoms with Gasteiger partial charge in [0, 0.05) is 28.9 Å². The van der Waals surface area contributed by atoms with E-state index in [1.807, 2.05) is 25.1 Å². The molecule has 0 fully saturated rings. The minimum Gasteiger partial charge on any atom is -0.360 e. The van der Waals surface area contributed by atoms with Gasteiger partial charge in [-0.1, -0.05) is 23.2 Å². The van der Waals surface area contributed by atoms with Gasteiger partial charge in [-0.05, 0) is 54.8 Å². The van der Waals surface area contributed by atoms with Gasteiger partial charge in [0.15, 0.2) is 0 Å². The van der Waals surface area contributed by atoms with Crippen molar-refractivity contribution in [1.82, 2.24) is 15.0 Å². The number of anilines is 1. The topological polar surface area (TPSA) is 70.7 Å². The second kappa shape index (κ2) is 7.83. The maximum absolute atomic E-state index is 13.2. The average Bonchev–Trinajstić information content (AvgIpc) is 3.17. The molecule has 2 N–H and O–H groups in total. The maximum Gasteiger partial charge on any atom is 0.215 e. The van der Waals surface area contributed by atoms with Crippen LogP contribution in [0.15, 0.2) is 60.0 Å². The van der Waals surface area contributed by atoms with E-state index in [1.54, 1.807) is 36.9 Å². The number of hydrogen-bond donors (Lipinski definition) is 2. The van der Waals surface area contributed by atoms with Crippen LogP contribution in [0.4, 0.5) is 5.69 Å². The number of benzene rings is 1. The number of aromatic nitrogens is 3. The first-order valence-electron chi connectivity index (χ1n) is 8.33. The van der Waals surface area contributed by atoms with Crippen molar-refractivity contribution in [2.45, 2.75) is 11.8 Å². The summed E-state index contributed by atoms with van der Waals surface area (Å²) in [4.78, 5) is 25.7. The summed E-state index contributed by atoms with van der Waals surface area (Å²) < 4.78 is 3.21. The summed E-state index contributed by atoms with van der Waals surface area (Å²) in [6, 6.07) is 9.08. The molecule has 0 bridgehead atoms. The minimum atomic E-state index is -0.199. The van der Waals surface area contributed by atoms with Crippen LogP contribution in [-0.2, 0) is 0 Å². The van der Waals surface area contributed by atoms with Gasteiger partial charge < -0.3 is 9.71 Å². The predicted octanol–water partition coefficient (Wildman–Crippen LogP) is 5.92. The van der Waals surface area contributed by atoms with Crippen molar-refractivity contribution in [2.75, 3.05) is 4.72 Å². The zero-order chi connectivity index (χ0) is 19.7. The molecule has 3 heterocycles. The molecule has 0 saturated carbocycles. The van der Waals surface area contributed by atoms with Crippen LogP contribution in [-0.4, -0.2) is 20.7 Å². The first kappa shape index (κ1) is 18.8. The number of ketones is 1. The highest BCUT2D eigenvalue weighted by molar-refractivity contribution is 8.00. The molecule has 1 aromatic carbocycles. The van der Waals surface area contributed by atoms with E-state index in [-0.39, 0.29) is 5.78 Å². The van der Waals surface area contributed by atoms with Gasteiger partial charge in [0.2, 0.25) is 5.78 Å². The van der Waals surface area contributed by atoms with E-state index < -0.39 is 0 Å². The Balaban J connectivity index is 1.67. The molecule has 140 valence electrons. The van der Waals surface area contributed by atoms with Crippen LogP contribution in [0, 0.1) is 6.92 Å². The number of aryl methyl sites for hydroxylation is 1. The third kappa shape index (κ3) is 3.71. The monoisotopic (exact) mass is 428 g/mol. The molecule has 5 nitrogen and oxygen atoms in total. The Hall–Kier alpha value is -2.54. The number of hydrogen-bond acceptors (Lipinski definition) is 5. The van der Waals surface area contributed by atoms with E-state index in [0.717, 1.165) is 21.4 Å². The summed E-state index contributed by atoms with van der Waals surface area (Å²) in [6.07, 6.45) is 6.71. The number of H-pyrrole nitrogens is 1. The molecule has 28 heavy (non-hydrogen) atoms. The molecule has 0 aliphatic heterocycles. The lowest BCUT2D eigenvalue weighted by molar-refractivity contribution is 0.103. The number of carbonyl (C=O) groups excluding carboxylic acids is 1. The molecule has 0 spiro atoms. The molecule has 0 aliphatic rings. The highest BCUT2D eigenvalue weighted by atomic mass is 35.5. The van der Waals surface area contributed by atoms with Crippen molar-refractivity contribution in [1.29, 1.82) is 0 Å². The quantitative estimate of drug-likeness (QED) is 0.304. The molecule has 0 radical (unpaired) electrons.